The molecule has 2 aromatic carbocycles. The number of hydrogen-bond donors (Lipinski definition) is 2. The average molecular weight is 337 g/mol. The number of rotatable bonds is 5. The molecule has 0 bridgehead atoms. The molecule has 0 fully saturated rings. The Morgan fingerprint density at radius 1 is 1.08 bits per heavy atom. The van der Waals surface area contributed by atoms with Crippen molar-refractivity contribution in [3.8, 4) is 0 Å². The van der Waals surface area contributed by atoms with E-state index in [1.54, 1.807) is 35.6 Å². The molecule has 1 heterocycles. The summed E-state index contributed by atoms with van der Waals surface area (Å²) in [6.07, 6.45) is 3.87. The van der Waals surface area contributed by atoms with E-state index in [0.717, 1.165) is 0 Å². The van der Waals surface area contributed by atoms with E-state index < -0.39 is 5.97 Å². The van der Waals surface area contributed by atoms with Gasteiger partial charge in [-0.25, -0.2) is 4.79 Å². The summed E-state index contributed by atoms with van der Waals surface area (Å²) in [4.78, 5) is 24.3. The Hall–Kier alpha value is -2.92. The zero-order chi connectivity index (χ0) is 16.9. The molecule has 0 aliphatic rings. The molecule has 0 saturated heterocycles. The number of thiophene rings is 1. The molecule has 120 valence electrons. The van der Waals surface area contributed by atoms with Gasteiger partial charge in [-0.05, 0) is 35.7 Å². The predicted molar refractivity (Wildman–Crippen MR) is 96.7 cm³/mol. The number of carboxylic acid groups (broad SMARTS) is 1. The van der Waals surface area contributed by atoms with E-state index in [4.69, 9.17) is 5.11 Å². The Kier molecular flexibility index (Phi) is 4.72. The number of anilines is 1. The van der Waals surface area contributed by atoms with Crippen LogP contribution in [-0.2, 0) is 11.2 Å². The SMILES string of the molecule is O=C(C=CCc1cc2ccccc2s1)Nc1ccccc1C(=O)O. The molecule has 2 N–H and O–H groups in total. The van der Waals surface area contributed by atoms with Gasteiger partial charge in [0, 0.05) is 16.0 Å². The van der Waals surface area contributed by atoms with Crippen LogP contribution in [0.5, 0.6) is 0 Å². The predicted octanol–water partition coefficient (Wildman–Crippen LogP) is 4.34. The van der Waals surface area contributed by atoms with Crippen molar-refractivity contribution in [3.63, 3.8) is 0 Å². The number of benzene rings is 2. The zero-order valence-corrected chi connectivity index (χ0v) is 13.5. The van der Waals surface area contributed by atoms with E-state index in [9.17, 15) is 9.59 Å². The third kappa shape index (κ3) is 3.70. The van der Waals surface area contributed by atoms with Crippen LogP contribution in [0.15, 0.2) is 66.7 Å². The lowest BCUT2D eigenvalue weighted by molar-refractivity contribution is -0.111. The van der Waals surface area contributed by atoms with Gasteiger partial charge >= 0.3 is 5.97 Å². The molecule has 5 heteroatoms. The van der Waals surface area contributed by atoms with Crippen LogP contribution in [0.2, 0.25) is 0 Å². The van der Waals surface area contributed by atoms with E-state index in [0.29, 0.717) is 12.1 Å². The molecule has 1 amide bonds. The summed E-state index contributed by atoms with van der Waals surface area (Å²) in [6, 6.07) is 16.6. The molecule has 0 aliphatic carbocycles. The van der Waals surface area contributed by atoms with E-state index in [1.165, 1.54) is 27.1 Å². The average Bonchev–Trinajstić information content (AvgIpc) is 2.97. The maximum atomic E-state index is 12.0. The number of amides is 1. The molecule has 0 atom stereocenters. The van der Waals surface area contributed by atoms with E-state index >= 15 is 0 Å². The maximum Gasteiger partial charge on any atom is 0.337 e. The third-order valence-electron chi connectivity index (χ3n) is 3.48. The van der Waals surface area contributed by atoms with Crippen LogP contribution in [-0.4, -0.2) is 17.0 Å². The smallest absolute Gasteiger partial charge is 0.337 e. The molecule has 0 saturated carbocycles. The summed E-state index contributed by atoms with van der Waals surface area (Å²) in [6.45, 7) is 0. The molecule has 0 radical (unpaired) electrons. The van der Waals surface area contributed by atoms with Gasteiger partial charge in [0.05, 0.1) is 11.3 Å². The van der Waals surface area contributed by atoms with Crippen LogP contribution in [0.1, 0.15) is 15.2 Å². The largest absolute Gasteiger partial charge is 0.478 e. The van der Waals surface area contributed by atoms with Gasteiger partial charge in [0.1, 0.15) is 0 Å². The quantitative estimate of drug-likeness (QED) is 0.681. The van der Waals surface area contributed by atoms with E-state index in [-0.39, 0.29) is 11.5 Å². The van der Waals surface area contributed by atoms with Crippen molar-refractivity contribution < 1.29 is 14.7 Å². The summed E-state index contributed by atoms with van der Waals surface area (Å²) in [5, 5.41) is 12.9. The summed E-state index contributed by atoms with van der Waals surface area (Å²) in [7, 11) is 0. The van der Waals surface area contributed by atoms with Gasteiger partial charge in [-0.2, -0.15) is 0 Å². The first-order valence-electron chi connectivity index (χ1n) is 7.41. The van der Waals surface area contributed by atoms with Crippen molar-refractivity contribution in [2.45, 2.75) is 6.42 Å². The standard InChI is InChI=1S/C19H15NO3S/c21-18(20-16-9-3-2-8-15(16)19(22)23)11-5-7-14-12-13-6-1-4-10-17(13)24-14/h1-6,8-12H,7H2,(H,20,21)(H,22,23). The van der Waals surface area contributed by atoms with Crippen LogP contribution in [0, 0.1) is 0 Å². The second-order valence-corrected chi connectivity index (χ2v) is 6.37. The van der Waals surface area contributed by atoms with E-state index in [1.807, 2.05) is 12.1 Å². The number of carbonyl (C=O) groups is 2. The highest BCUT2D eigenvalue weighted by Crippen LogP contribution is 2.25. The number of fused-ring (bicyclic) bond motifs is 1. The number of para-hydroxylation sites is 1. The van der Waals surface area contributed by atoms with Crippen molar-refractivity contribution in [3.05, 3.63) is 77.2 Å². The van der Waals surface area contributed by atoms with Crippen molar-refractivity contribution >= 4 is 39.0 Å². The minimum absolute atomic E-state index is 0.0729. The number of carboxylic acids is 1. The lowest BCUT2D eigenvalue weighted by Crippen LogP contribution is -2.11. The Labute approximate surface area is 143 Å². The van der Waals surface area contributed by atoms with Gasteiger partial charge in [-0.15, -0.1) is 11.3 Å². The Morgan fingerprint density at radius 2 is 1.83 bits per heavy atom. The second-order valence-electron chi connectivity index (χ2n) is 5.20. The first-order valence-corrected chi connectivity index (χ1v) is 8.22. The number of allylic oxidation sites excluding steroid dienone is 1. The number of hydrogen-bond acceptors (Lipinski definition) is 3. The van der Waals surface area contributed by atoms with Crippen molar-refractivity contribution in [1.29, 1.82) is 0 Å². The monoisotopic (exact) mass is 337 g/mol. The van der Waals surface area contributed by atoms with Crippen LogP contribution >= 0.6 is 11.3 Å². The summed E-state index contributed by atoms with van der Waals surface area (Å²) < 4.78 is 1.22. The topological polar surface area (TPSA) is 66.4 Å². The van der Waals surface area contributed by atoms with Gasteiger partial charge in [-0.3, -0.25) is 4.79 Å². The van der Waals surface area contributed by atoms with Crippen LogP contribution in [0.3, 0.4) is 0 Å². The minimum Gasteiger partial charge on any atom is -0.478 e. The fraction of sp³-hybridized carbons (Fsp3) is 0.0526. The first-order chi connectivity index (χ1) is 11.6. The number of carbonyl (C=O) groups excluding carboxylic acids is 1. The molecular formula is C19H15NO3S. The van der Waals surface area contributed by atoms with Crippen molar-refractivity contribution in [2.75, 3.05) is 5.32 Å². The molecule has 0 unspecified atom stereocenters. The molecule has 24 heavy (non-hydrogen) atoms. The Balaban J connectivity index is 1.64. The summed E-state index contributed by atoms with van der Waals surface area (Å²) in [5.41, 5.74) is 0.366. The number of aromatic carboxylic acids is 1. The lowest BCUT2D eigenvalue weighted by Gasteiger charge is -2.05. The second kappa shape index (κ2) is 7.10. The van der Waals surface area contributed by atoms with Crippen molar-refractivity contribution in [2.24, 2.45) is 0 Å². The molecule has 3 aromatic rings. The first kappa shape index (κ1) is 16.0. The fourth-order valence-electron chi connectivity index (χ4n) is 2.37. The van der Waals surface area contributed by atoms with Gasteiger partial charge in [-0.1, -0.05) is 36.4 Å². The summed E-state index contributed by atoms with van der Waals surface area (Å²) in [5.74, 6) is -1.41. The van der Waals surface area contributed by atoms with Gasteiger partial charge in [0.25, 0.3) is 0 Å². The Morgan fingerprint density at radius 3 is 2.62 bits per heavy atom. The van der Waals surface area contributed by atoms with Crippen LogP contribution in [0.25, 0.3) is 10.1 Å². The van der Waals surface area contributed by atoms with Crippen LogP contribution in [0.4, 0.5) is 5.69 Å². The molecule has 0 spiro atoms. The lowest BCUT2D eigenvalue weighted by atomic mass is 10.2. The van der Waals surface area contributed by atoms with Gasteiger partial charge < -0.3 is 10.4 Å². The number of nitrogens with one attached hydrogen (secondary N) is 1. The van der Waals surface area contributed by atoms with Crippen LogP contribution < -0.4 is 5.32 Å². The van der Waals surface area contributed by atoms with Gasteiger partial charge in [0.15, 0.2) is 0 Å². The summed E-state index contributed by atoms with van der Waals surface area (Å²) >= 11 is 1.70. The Bertz CT molecular complexity index is 894. The zero-order valence-electron chi connectivity index (χ0n) is 12.7. The molecule has 3 rings (SSSR count). The van der Waals surface area contributed by atoms with E-state index in [2.05, 4.69) is 23.5 Å². The highest BCUT2D eigenvalue weighted by Gasteiger charge is 2.10. The normalized spacial score (nSPS) is 11.0. The maximum absolute atomic E-state index is 12.0. The van der Waals surface area contributed by atoms with Gasteiger partial charge in [0.2, 0.25) is 5.91 Å². The highest BCUT2D eigenvalue weighted by atomic mass is 32.1. The fourth-order valence-corrected chi connectivity index (χ4v) is 3.41. The molecular weight excluding hydrogens is 322 g/mol. The molecule has 0 aliphatic heterocycles. The van der Waals surface area contributed by atoms with Crippen molar-refractivity contribution in [1.82, 2.24) is 0 Å². The molecule has 1 aromatic heterocycles. The molecule has 4 nitrogen and oxygen atoms in total. The third-order valence-corrected chi connectivity index (χ3v) is 4.62. The highest BCUT2D eigenvalue weighted by molar-refractivity contribution is 7.19. The minimum atomic E-state index is -1.07.